The number of nitrogens with two attached hydrogens (primary N) is 1. The Morgan fingerprint density at radius 2 is 2.00 bits per heavy atom. The topological polar surface area (TPSA) is 58.4 Å². The van der Waals surface area contributed by atoms with Crippen molar-refractivity contribution in [1.82, 2.24) is 5.32 Å². The van der Waals surface area contributed by atoms with Crippen molar-refractivity contribution < 1.29 is 9.18 Å². The molecule has 0 atom stereocenters. The monoisotopic (exact) mass is 267 g/mol. The number of halogens is 1. The number of hydrogen-bond acceptors (Lipinski definition) is 3. The van der Waals surface area contributed by atoms with Gasteiger partial charge in [-0.05, 0) is 31.5 Å². The van der Waals surface area contributed by atoms with Gasteiger partial charge in [0.2, 0.25) is 5.91 Å². The van der Waals surface area contributed by atoms with Gasteiger partial charge in [-0.1, -0.05) is 12.1 Å². The van der Waals surface area contributed by atoms with Crippen molar-refractivity contribution in [2.75, 3.05) is 31.6 Å². The normalized spacial score (nSPS) is 10.3. The number of nitrogens with zero attached hydrogens (tertiary/aromatic N) is 1. The predicted molar refractivity (Wildman–Crippen MR) is 75.6 cm³/mol. The molecule has 106 valence electrons. The molecule has 0 aliphatic rings. The van der Waals surface area contributed by atoms with Crippen LogP contribution in [0, 0.1) is 5.82 Å². The predicted octanol–water partition coefficient (Wildman–Crippen LogP) is 1.51. The fraction of sp³-hybridized carbons (Fsp3) is 0.500. The molecule has 0 heterocycles. The zero-order chi connectivity index (χ0) is 14.1. The van der Waals surface area contributed by atoms with E-state index in [0.29, 0.717) is 38.2 Å². The second-order valence-corrected chi connectivity index (χ2v) is 4.36. The Morgan fingerprint density at radius 3 is 2.63 bits per heavy atom. The largest absolute Gasteiger partial charge is 0.369 e. The Balaban J connectivity index is 2.61. The lowest BCUT2D eigenvalue weighted by atomic mass is 10.2. The average molecular weight is 267 g/mol. The first kappa shape index (κ1) is 15.4. The Kier molecular flexibility index (Phi) is 6.89. The third-order valence-corrected chi connectivity index (χ3v) is 2.94. The lowest BCUT2D eigenvalue weighted by Gasteiger charge is -2.25. The molecule has 0 aliphatic carbocycles. The summed E-state index contributed by atoms with van der Waals surface area (Å²) in [7, 11) is 1.62. The van der Waals surface area contributed by atoms with Crippen LogP contribution in [0.1, 0.15) is 19.3 Å². The first-order chi connectivity index (χ1) is 9.19. The van der Waals surface area contributed by atoms with Crippen LogP contribution in [0.15, 0.2) is 24.3 Å². The number of para-hydroxylation sites is 1. The molecule has 1 rings (SSSR count). The summed E-state index contributed by atoms with van der Waals surface area (Å²) in [4.78, 5) is 13.1. The van der Waals surface area contributed by atoms with Crippen LogP contribution in [0.5, 0.6) is 0 Å². The van der Waals surface area contributed by atoms with Crippen LogP contribution in [0.4, 0.5) is 10.1 Å². The van der Waals surface area contributed by atoms with Crippen LogP contribution < -0.4 is 16.0 Å². The van der Waals surface area contributed by atoms with E-state index in [-0.39, 0.29) is 11.7 Å². The number of carbonyl (C=O) groups is 1. The zero-order valence-electron chi connectivity index (χ0n) is 11.4. The summed E-state index contributed by atoms with van der Waals surface area (Å²) in [5, 5.41) is 2.58. The highest BCUT2D eigenvalue weighted by Gasteiger charge is 2.11. The van der Waals surface area contributed by atoms with Crippen molar-refractivity contribution in [3.63, 3.8) is 0 Å². The van der Waals surface area contributed by atoms with E-state index in [1.165, 1.54) is 6.07 Å². The van der Waals surface area contributed by atoms with Crippen LogP contribution in [0.2, 0.25) is 0 Å². The quantitative estimate of drug-likeness (QED) is 0.750. The molecule has 0 bridgehead atoms. The second kappa shape index (κ2) is 8.48. The van der Waals surface area contributed by atoms with E-state index < -0.39 is 0 Å². The number of nitrogens with one attached hydrogen (secondary N) is 1. The first-order valence-corrected chi connectivity index (χ1v) is 6.59. The Morgan fingerprint density at radius 1 is 1.32 bits per heavy atom. The fourth-order valence-electron chi connectivity index (χ4n) is 1.90. The molecule has 0 unspecified atom stereocenters. The molecule has 1 aromatic carbocycles. The molecule has 0 saturated carbocycles. The van der Waals surface area contributed by atoms with Gasteiger partial charge in [-0.15, -0.1) is 0 Å². The molecule has 0 fully saturated rings. The van der Waals surface area contributed by atoms with Gasteiger partial charge in [0.05, 0.1) is 5.69 Å². The van der Waals surface area contributed by atoms with E-state index in [4.69, 9.17) is 5.73 Å². The summed E-state index contributed by atoms with van der Waals surface area (Å²) < 4.78 is 13.8. The molecule has 0 radical (unpaired) electrons. The third kappa shape index (κ3) is 5.26. The van der Waals surface area contributed by atoms with Gasteiger partial charge in [0.15, 0.2) is 0 Å². The minimum atomic E-state index is -0.237. The van der Waals surface area contributed by atoms with Gasteiger partial charge >= 0.3 is 0 Å². The summed E-state index contributed by atoms with van der Waals surface area (Å²) in [6.07, 6.45) is 1.94. The highest BCUT2D eigenvalue weighted by atomic mass is 19.1. The molecule has 0 saturated heterocycles. The number of hydrogen-bond donors (Lipinski definition) is 2. The van der Waals surface area contributed by atoms with Gasteiger partial charge in [0, 0.05) is 26.6 Å². The molecule has 0 aromatic heterocycles. The summed E-state index contributed by atoms with van der Waals surface area (Å²) in [5.41, 5.74) is 6.08. The van der Waals surface area contributed by atoms with Gasteiger partial charge < -0.3 is 16.0 Å². The molecule has 4 nitrogen and oxygen atoms in total. The van der Waals surface area contributed by atoms with E-state index in [1.54, 1.807) is 19.2 Å². The van der Waals surface area contributed by atoms with Gasteiger partial charge in [-0.25, -0.2) is 4.39 Å². The van der Waals surface area contributed by atoms with Gasteiger partial charge in [0.25, 0.3) is 0 Å². The second-order valence-electron chi connectivity index (χ2n) is 4.36. The van der Waals surface area contributed by atoms with E-state index in [0.717, 1.165) is 6.42 Å². The summed E-state index contributed by atoms with van der Waals surface area (Å²) >= 11 is 0. The van der Waals surface area contributed by atoms with Crippen LogP contribution in [0.3, 0.4) is 0 Å². The minimum absolute atomic E-state index is 0.00677. The number of benzene rings is 1. The van der Waals surface area contributed by atoms with Crippen LogP contribution >= 0.6 is 0 Å². The first-order valence-electron chi connectivity index (χ1n) is 6.59. The molecule has 5 heteroatoms. The van der Waals surface area contributed by atoms with Crippen LogP contribution in [0.25, 0.3) is 0 Å². The van der Waals surface area contributed by atoms with E-state index in [2.05, 4.69) is 5.32 Å². The molecule has 0 aliphatic heterocycles. The number of carbonyl (C=O) groups excluding carboxylic acids is 1. The highest BCUT2D eigenvalue weighted by Crippen LogP contribution is 2.19. The van der Waals surface area contributed by atoms with Crippen molar-refractivity contribution in [3.05, 3.63) is 30.1 Å². The SMILES string of the molecule is CNC(=O)CCCN(CCCN)c1ccccc1F. The lowest BCUT2D eigenvalue weighted by molar-refractivity contribution is -0.120. The molecule has 0 spiro atoms. The Bertz CT molecular complexity index is 398. The van der Waals surface area contributed by atoms with Crippen molar-refractivity contribution in [1.29, 1.82) is 0 Å². The lowest BCUT2D eigenvalue weighted by Crippen LogP contribution is -2.29. The number of rotatable bonds is 8. The van der Waals surface area contributed by atoms with Crippen LogP contribution in [-0.4, -0.2) is 32.6 Å². The minimum Gasteiger partial charge on any atom is -0.369 e. The number of anilines is 1. The van der Waals surface area contributed by atoms with Crippen molar-refractivity contribution in [3.8, 4) is 0 Å². The molecule has 3 N–H and O–H groups in total. The Labute approximate surface area is 113 Å². The maximum atomic E-state index is 13.8. The summed E-state index contributed by atoms with van der Waals surface area (Å²) in [6.45, 7) is 1.92. The van der Waals surface area contributed by atoms with Crippen molar-refractivity contribution in [2.24, 2.45) is 5.73 Å². The molecule has 1 amide bonds. The van der Waals surface area contributed by atoms with Gasteiger partial charge in [0.1, 0.15) is 5.82 Å². The van der Waals surface area contributed by atoms with Crippen molar-refractivity contribution in [2.45, 2.75) is 19.3 Å². The van der Waals surface area contributed by atoms with Crippen molar-refractivity contribution >= 4 is 11.6 Å². The Hall–Kier alpha value is -1.62. The number of amides is 1. The summed E-state index contributed by atoms with van der Waals surface area (Å²) in [6, 6.07) is 6.69. The summed E-state index contributed by atoms with van der Waals surface area (Å²) in [5.74, 6) is -0.230. The maximum Gasteiger partial charge on any atom is 0.219 e. The van der Waals surface area contributed by atoms with Gasteiger partial charge in [-0.3, -0.25) is 4.79 Å². The molecule has 1 aromatic rings. The van der Waals surface area contributed by atoms with E-state index in [9.17, 15) is 9.18 Å². The fourth-order valence-corrected chi connectivity index (χ4v) is 1.90. The standard InChI is InChI=1S/C14H22FN3O/c1-17-14(19)8-4-10-18(11-5-9-16)13-7-3-2-6-12(13)15/h2-3,6-7H,4-5,8-11,16H2,1H3,(H,17,19). The smallest absolute Gasteiger partial charge is 0.219 e. The van der Waals surface area contributed by atoms with E-state index >= 15 is 0 Å². The molecule has 19 heavy (non-hydrogen) atoms. The average Bonchev–Trinajstić information content (AvgIpc) is 2.43. The molecular formula is C14H22FN3O. The highest BCUT2D eigenvalue weighted by molar-refractivity contribution is 5.75. The zero-order valence-corrected chi connectivity index (χ0v) is 11.4. The third-order valence-electron chi connectivity index (χ3n) is 2.94. The van der Waals surface area contributed by atoms with Crippen LogP contribution in [-0.2, 0) is 4.79 Å². The molecular weight excluding hydrogens is 245 g/mol. The van der Waals surface area contributed by atoms with Gasteiger partial charge in [-0.2, -0.15) is 0 Å². The van der Waals surface area contributed by atoms with E-state index in [1.807, 2.05) is 11.0 Å². The maximum absolute atomic E-state index is 13.8.